The van der Waals surface area contributed by atoms with E-state index in [2.05, 4.69) is 12.3 Å². The summed E-state index contributed by atoms with van der Waals surface area (Å²) in [7, 11) is 0. The number of ether oxygens (including phenoxy) is 1. The highest BCUT2D eigenvalue weighted by molar-refractivity contribution is 4.38. The fourth-order valence-electron chi connectivity index (χ4n) is 0.453. The van der Waals surface area contributed by atoms with E-state index >= 15 is 0 Å². The van der Waals surface area contributed by atoms with Crippen molar-refractivity contribution in [3.05, 3.63) is 0 Å². The van der Waals surface area contributed by atoms with Gasteiger partial charge in [0.05, 0.1) is 0 Å². The lowest BCUT2D eigenvalue weighted by atomic mass is 10.4. The van der Waals surface area contributed by atoms with Gasteiger partial charge in [0.25, 0.3) is 0 Å². The Morgan fingerprint density at radius 2 is 2.33 bits per heavy atom. The van der Waals surface area contributed by atoms with Crippen LogP contribution < -0.4 is 11.3 Å². The number of hydrogen-bond acceptors (Lipinski definition) is 3. The van der Waals surface area contributed by atoms with Gasteiger partial charge in [-0.1, -0.05) is 13.3 Å². The normalized spacial score (nSPS) is 13.7. The highest BCUT2D eigenvalue weighted by Crippen LogP contribution is 1.89. The highest BCUT2D eigenvalue weighted by Gasteiger charge is 1.94. The maximum atomic E-state index is 5.20. The van der Waals surface area contributed by atoms with Gasteiger partial charge in [0.15, 0.2) is 0 Å². The fourth-order valence-corrected chi connectivity index (χ4v) is 0.453. The SMILES string of the molecule is CCCCOC(C)NN. The number of unbranched alkanes of at least 4 members (excludes halogenated alkanes) is 1. The summed E-state index contributed by atoms with van der Waals surface area (Å²) < 4.78 is 5.20. The lowest BCUT2D eigenvalue weighted by Crippen LogP contribution is -2.34. The molecule has 0 heterocycles. The smallest absolute Gasteiger partial charge is 0.117 e. The summed E-state index contributed by atoms with van der Waals surface area (Å²) in [6.45, 7) is 4.81. The van der Waals surface area contributed by atoms with E-state index in [1.807, 2.05) is 6.92 Å². The first-order valence-corrected chi connectivity index (χ1v) is 3.39. The average Bonchev–Trinajstić information content (AvgIpc) is 1.89. The molecule has 0 radical (unpaired) electrons. The first-order chi connectivity index (χ1) is 4.31. The van der Waals surface area contributed by atoms with E-state index in [4.69, 9.17) is 10.6 Å². The maximum Gasteiger partial charge on any atom is 0.117 e. The zero-order valence-corrected chi connectivity index (χ0v) is 6.18. The third-order valence-electron chi connectivity index (χ3n) is 1.10. The van der Waals surface area contributed by atoms with Crippen molar-refractivity contribution in [1.82, 2.24) is 5.43 Å². The summed E-state index contributed by atoms with van der Waals surface area (Å²) in [4.78, 5) is 0. The molecule has 0 aliphatic carbocycles. The van der Waals surface area contributed by atoms with Crippen LogP contribution in [0.25, 0.3) is 0 Å². The Morgan fingerprint density at radius 1 is 1.67 bits per heavy atom. The van der Waals surface area contributed by atoms with Crippen LogP contribution in [-0.4, -0.2) is 12.8 Å². The maximum absolute atomic E-state index is 5.20. The molecule has 0 aliphatic rings. The van der Waals surface area contributed by atoms with Gasteiger partial charge in [0.2, 0.25) is 0 Å². The van der Waals surface area contributed by atoms with Gasteiger partial charge in [-0.3, -0.25) is 5.84 Å². The number of nitrogens with one attached hydrogen (secondary N) is 1. The summed E-state index contributed by atoms with van der Waals surface area (Å²) in [5, 5.41) is 0. The third-order valence-corrected chi connectivity index (χ3v) is 1.10. The summed E-state index contributed by atoms with van der Waals surface area (Å²) in [6.07, 6.45) is 2.25. The van der Waals surface area contributed by atoms with Gasteiger partial charge in [-0.05, 0) is 13.3 Å². The Labute approximate surface area is 56.5 Å². The molecule has 0 aliphatic heterocycles. The van der Waals surface area contributed by atoms with Crippen molar-refractivity contribution in [3.8, 4) is 0 Å². The van der Waals surface area contributed by atoms with Crippen LogP contribution in [0.2, 0.25) is 0 Å². The van der Waals surface area contributed by atoms with E-state index in [-0.39, 0.29) is 6.23 Å². The van der Waals surface area contributed by atoms with Gasteiger partial charge in [-0.2, -0.15) is 0 Å². The topological polar surface area (TPSA) is 47.3 Å². The Kier molecular flexibility index (Phi) is 5.93. The van der Waals surface area contributed by atoms with Crippen molar-refractivity contribution in [2.24, 2.45) is 5.84 Å². The van der Waals surface area contributed by atoms with Gasteiger partial charge in [0.1, 0.15) is 6.23 Å². The van der Waals surface area contributed by atoms with Crippen LogP contribution in [0.4, 0.5) is 0 Å². The second-order valence-electron chi connectivity index (χ2n) is 2.03. The predicted molar refractivity (Wildman–Crippen MR) is 37.6 cm³/mol. The van der Waals surface area contributed by atoms with Gasteiger partial charge in [-0.25, -0.2) is 5.43 Å². The molecule has 0 aromatic carbocycles. The molecule has 0 amide bonds. The van der Waals surface area contributed by atoms with Crippen LogP contribution in [0.5, 0.6) is 0 Å². The van der Waals surface area contributed by atoms with Gasteiger partial charge < -0.3 is 4.74 Å². The standard InChI is InChI=1S/C6H16N2O/c1-3-4-5-9-6(2)8-7/h6,8H,3-5,7H2,1-2H3. The average molecular weight is 132 g/mol. The highest BCUT2D eigenvalue weighted by atomic mass is 16.5. The Balaban J connectivity index is 2.88. The predicted octanol–water partition coefficient (Wildman–Crippen LogP) is 0.612. The van der Waals surface area contributed by atoms with E-state index in [1.165, 1.54) is 0 Å². The Morgan fingerprint density at radius 3 is 2.78 bits per heavy atom. The largest absolute Gasteiger partial charge is 0.362 e. The molecular weight excluding hydrogens is 116 g/mol. The molecule has 0 fully saturated rings. The number of hydrazine groups is 1. The van der Waals surface area contributed by atoms with Crippen LogP contribution >= 0.6 is 0 Å². The monoisotopic (exact) mass is 132 g/mol. The first kappa shape index (κ1) is 8.88. The van der Waals surface area contributed by atoms with Crippen molar-refractivity contribution in [2.45, 2.75) is 32.9 Å². The molecule has 0 aromatic rings. The number of hydrogen-bond donors (Lipinski definition) is 2. The first-order valence-electron chi connectivity index (χ1n) is 3.39. The summed E-state index contributed by atoms with van der Waals surface area (Å²) in [6, 6.07) is 0. The van der Waals surface area contributed by atoms with Crippen molar-refractivity contribution in [1.29, 1.82) is 0 Å². The molecule has 0 aromatic heterocycles. The van der Waals surface area contributed by atoms with E-state index < -0.39 is 0 Å². The van der Waals surface area contributed by atoms with Crippen LogP contribution in [0, 0.1) is 0 Å². The molecule has 0 bridgehead atoms. The summed E-state index contributed by atoms with van der Waals surface area (Å²) in [5.41, 5.74) is 2.50. The molecule has 9 heavy (non-hydrogen) atoms. The van der Waals surface area contributed by atoms with Crippen LogP contribution in [0.1, 0.15) is 26.7 Å². The van der Waals surface area contributed by atoms with Crippen LogP contribution in [-0.2, 0) is 4.74 Å². The van der Waals surface area contributed by atoms with E-state index in [1.54, 1.807) is 0 Å². The molecule has 1 unspecified atom stereocenters. The van der Waals surface area contributed by atoms with Gasteiger partial charge in [0, 0.05) is 6.61 Å². The molecule has 0 spiro atoms. The minimum absolute atomic E-state index is 0.0171. The second-order valence-corrected chi connectivity index (χ2v) is 2.03. The molecule has 3 heteroatoms. The zero-order chi connectivity index (χ0) is 7.11. The third kappa shape index (κ3) is 5.76. The molecule has 0 saturated carbocycles. The summed E-state index contributed by atoms with van der Waals surface area (Å²) in [5.74, 6) is 5.08. The molecule has 0 rings (SSSR count). The van der Waals surface area contributed by atoms with Crippen molar-refractivity contribution in [3.63, 3.8) is 0 Å². The molecular formula is C6H16N2O. The molecule has 1 atom stereocenters. The molecule has 3 N–H and O–H groups in total. The quantitative estimate of drug-likeness (QED) is 0.249. The Bertz CT molecular complexity index is 59.0. The van der Waals surface area contributed by atoms with E-state index in [9.17, 15) is 0 Å². The van der Waals surface area contributed by atoms with E-state index in [0.717, 1.165) is 19.4 Å². The van der Waals surface area contributed by atoms with Gasteiger partial charge in [-0.15, -0.1) is 0 Å². The van der Waals surface area contributed by atoms with Crippen LogP contribution in [0.15, 0.2) is 0 Å². The van der Waals surface area contributed by atoms with Gasteiger partial charge >= 0.3 is 0 Å². The number of rotatable bonds is 5. The van der Waals surface area contributed by atoms with Crippen molar-refractivity contribution < 1.29 is 4.74 Å². The molecule has 0 saturated heterocycles. The lowest BCUT2D eigenvalue weighted by molar-refractivity contribution is 0.0412. The molecule has 3 nitrogen and oxygen atoms in total. The minimum atomic E-state index is -0.0171. The minimum Gasteiger partial charge on any atom is -0.362 e. The summed E-state index contributed by atoms with van der Waals surface area (Å²) >= 11 is 0. The van der Waals surface area contributed by atoms with Crippen LogP contribution in [0.3, 0.4) is 0 Å². The van der Waals surface area contributed by atoms with Crippen molar-refractivity contribution in [2.75, 3.05) is 6.61 Å². The second kappa shape index (κ2) is 6.01. The lowest BCUT2D eigenvalue weighted by Gasteiger charge is -2.09. The fraction of sp³-hybridized carbons (Fsp3) is 1.00. The number of nitrogens with two attached hydrogens (primary N) is 1. The zero-order valence-electron chi connectivity index (χ0n) is 6.18. The van der Waals surface area contributed by atoms with Crippen molar-refractivity contribution >= 4 is 0 Å². The van der Waals surface area contributed by atoms with E-state index in [0.29, 0.717) is 0 Å². The Hall–Kier alpha value is -0.120. The molecule has 56 valence electrons.